The van der Waals surface area contributed by atoms with Crippen LogP contribution < -0.4 is 4.90 Å². The lowest BCUT2D eigenvalue weighted by Gasteiger charge is -2.35. The zero-order chi connectivity index (χ0) is 21.2. The van der Waals surface area contributed by atoms with E-state index in [-0.39, 0.29) is 0 Å². The van der Waals surface area contributed by atoms with Crippen LogP contribution in [-0.2, 0) is 13.1 Å². The molecule has 5 rings (SSSR count). The van der Waals surface area contributed by atoms with E-state index in [1.54, 1.807) is 12.4 Å². The largest absolute Gasteiger partial charge is 0.353 e. The number of fused-ring (bicyclic) bond motifs is 1. The Morgan fingerprint density at radius 2 is 1.68 bits per heavy atom. The monoisotopic (exact) mass is 452 g/mol. The van der Waals surface area contributed by atoms with Gasteiger partial charge >= 0.3 is 0 Å². The van der Waals surface area contributed by atoms with Gasteiger partial charge in [-0.05, 0) is 23.3 Å². The molecule has 1 aliphatic rings. The van der Waals surface area contributed by atoms with Crippen LogP contribution in [0.15, 0.2) is 61.1 Å². The molecule has 2 aromatic heterocycles. The number of hydrogen-bond donors (Lipinski definition) is 0. The molecule has 0 spiro atoms. The van der Waals surface area contributed by atoms with Crippen LogP contribution in [0.4, 0.5) is 5.82 Å². The van der Waals surface area contributed by atoms with Gasteiger partial charge in [0, 0.05) is 42.8 Å². The Hall–Kier alpha value is -2.67. The van der Waals surface area contributed by atoms with Gasteiger partial charge in [-0.15, -0.1) is 0 Å². The Balaban J connectivity index is 1.32. The van der Waals surface area contributed by atoms with Gasteiger partial charge in [0.2, 0.25) is 0 Å². The van der Waals surface area contributed by atoms with E-state index in [1.165, 1.54) is 5.56 Å². The number of hydrogen-bond acceptors (Lipinski definition) is 5. The standard InChI is InChI=1S/C23H22Cl2N6/c24-19-7-6-18(21(25)12-19)15-31-23-20(13-28-31)22(26-16-27-23)30-10-8-29(9-11-30)14-17-4-2-1-3-5-17/h1-7,12-13,16H,8-11,14-15H2. The van der Waals surface area contributed by atoms with E-state index in [2.05, 4.69) is 55.2 Å². The molecular formula is C23H22Cl2N6. The minimum Gasteiger partial charge on any atom is -0.353 e. The number of piperazine rings is 1. The minimum absolute atomic E-state index is 0.529. The van der Waals surface area contributed by atoms with Gasteiger partial charge in [0.25, 0.3) is 0 Å². The van der Waals surface area contributed by atoms with E-state index in [1.807, 2.05) is 23.0 Å². The summed E-state index contributed by atoms with van der Waals surface area (Å²) in [5.41, 5.74) is 3.11. The summed E-state index contributed by atoms with van der Waals surface area (Å²) < 4.78 is 1.86. The highest BCUT2D eigenvalue weighted by Gasteiger charge is 2.21. The van der Waals surface area contributed by atoms with Crippen LogP contribution in [0.2, 0.25) is 10.0 Å². The van der Waals surface area contributed by atoms with Crippen molar-refractivity contribution in [1.29, 1.82) is 0 Å². The third-order valence-electron chi connectivity index (χ3n) is 5.67. The van der Waals surface area contributed by atoms with Crippen molar-refractivity contribution >= 4 is 40.1 Å². The van der Waals surface area contributed by atoms with Crippen molar-refractivity contribution < 1.29 is 0 Å². The molecule has 1 saturated heterocycles. The number of aromatic nitrogens is 4. The first-order chi connectivity index (χ1) is 15.2. The predicted octanol–water partition coefficient (Wildman–Crippen LogP) is 4.50. The third-order valence-corrected chi connectivity index (χ3v) is 6.26. The topological polar surface area (TPSA) is 50.1 Å². The molecule has 0 aliphatic carbocycles. The van der Waals surface area contributed by atoms with Gasteiger partial charge in [-0.3, -0.25) is 4.90 Å². The molecule has 3 heterocycles. The van der Waals surface area contributed by atoms with Gasteiger partial charge in [-0.25, -0.2) is 14.6 Å². The summed E-state index contributed by atoms with van der Waals surface area (Å²) >= 11 is 12.4. The Kier molecular flexibility index (Phi) is 5.76. The van der Waals surface area contributed by atoms with Crippen molar-refractivity contribution in [3.05, 3.63) is 82.2 Å². The maximum absolute atomic E-state index is 6.35. The Bertz CT molecular complexity index is 1190. The molecule has 0 radical (unpaired) electrons. The summed E-state index contributed by atoms with van der Waals surface area (Å²) in [5.74, 6) is 0.942. The highest BCUT2D eigenvalue weighted by atomic mass is 35.5. The second kappa shape index (κ2) is 8.83. The van der Waals surface area contributed by atoms with Crippen LogP contribution in [-0.4, -0.2) is 50.8 Å². The van der Waals surface area contributed by atoms with Gasteiger partial charge in [-0.2, -0.15) is 5.10 Å². The summed E-state index contributed by atoms with van der Waals surface area (Å²) in [6, 6.07) is 16.1. The molecular weight excluding hydrogens is 431 g/mol. The number of benzene rings is 2. The Labute approximate surface area is 191 Å². The quantitative estimate of drug-likeness (QED) is 0.445. The van der Waals surface area contributed by atoms with Crippen LogP contribution in [0.1, 0.15) is 11.1 Å². The van der Waals surface area contributed by atoms with E-state index in [0.29, 0.717) is 16.6 Å². The number of nitrogens with zero attached hydrogens (tertiary/aromatic N) is 6. The molecule has 0 N–H and O–H groups in total. The smallest absolute Gasteiger partial charge is 0.163 e. The molecule has 0 atom stereocenters. The fraction of sp³-hybridized carbons (Fsp3) is 0.261. The van der Waals surface area contributed by atoms with E-state index in [9.17, 15) is 0 Å². The molecule has 4 aromatic rings. The maximum atomic E-state index is 6.35. The highest BCUT2D eigenvalue weighted by Crippen LogP contribution is 2.26. The summed E-state index contributed by atoms with van der Waals surface area (Å²) in [4.78, 5) is 13.9. The third kappa shape index (κ3) is 4.37. The van der Waals surface area contributed by atoms with Crippen LogP contribution in [0.25, 0.3) is 11.0 Å². The first-order valence-electron chi connectivity index (χ1n) is 10.3. The molecule has 31 heavy (non-hydrogen) atoms. The zero-order valence-corrected chi connectivity index (χ0v) is 18.5. The van der Waals surface area contributed by atoms with Crippen molar-refractivity contribution in [3.8, 4) is 0 Å². The molecule has 158 valence electrons. The molecule has 1 aliphatic heterocycles. The van der Waals surface area contributed by atoms with E-state index >= 15 is 0 Å². The zero-order valence-electron chi connectivity index (χ0n) is 17.0. The van der Waals surface area contributed by atoms with Gasteiger partial charge in [0.1, 0.15) is 12.1 Å². The maximum Gasteiger partial charge on any atom is 0.163 e. The first-order valence-corrected chi connectivity index (χ1v) is 11.0. The molecule has 2 aromatic carbocycles. The van der Waals surface area contributed by atoms with Gasteiger partial charge in [0.15, 0.2) is 5.65 Å². The first kappa shape index (κ1) is 20.2. The average molecular weight is 453 g/mol. The van der Waals surface area contributed by atoms with E-state index in [4.69, 9.17) is 23.2 Å². The molecule has 0 amide bonds. The Morgan fingerprint density at radius 1 is 0.871 bits per heavy atom. The molecule has 6 nitrogen and oxygen atoms in total. The second-order valence-corrected chi connectivity index (χ2v) is 8.56. The molecule has 1 fully saturated rings. The van der Waals surface area contributed by atoms with Crippen LogP contribution in [0, 0.1) is 0 Å². The number of rotatable bonds is 5. The SMILES string of the molecule is Clc1ccc(Cn2ncc3c(N4CCN(Cc5ccccc5)CC4)ncnc32)c(Cl)c1. The fourth-order valence-electron chi connectivity index (χ4n) is 4.02. The molecule has 0 unspecified atom stereocenters. The van der Waals surface area contributed by atoms with Gasteiger partial charge in [-0.1, -0.05) is 59.6 Å². The van der Waals surface area contributed by atoms with Crippen molar-refractivity contribution in [2.45, 2.75) is 13.1 Å². The lowest BCUT2D eigenvalue weighted by molar-refractivity contribution is 0.249. The van der Waals surface area contributed by atoms with Crippen molar-refractivity contribution in [3.63, 3.8) is 0 Å². The molecule has 0 saturated carbocycles. The van der Waals surface area contributed by atoms with Crippen molar-refractivity contribution in [2.24, 2.45) is 0 Å². The van der Waals surface area contributed by atoms with Crippen LogP contribution in [0.5, 0.6) is 0 Å². The van der Waals surface area contributed by atoms with Gasteiger partial charge < -0.3 is 4.90 Å². The fourth-order valence-corrected chi connectivity index (χ4v) is 4.49. The molecule has 0 bridgehead atoms. The Morgan fingerprint density at radius 3 is 2.45 bits per heavy atom. The molecule has 8 heteroatoms. The summed E-state index contributed by atoms with van der Waals surface area (Å²) in [5, 5.41) is 6.77. The lowest BCUT2D eigenvalue weighted by Crippen LogP contribution is -2.46. The van der Waals surface area contributed by atoms with Crippen molar-refractivity contribution in [2.75, 3.05) is 31.1 Å². The normalized spacial score (nSPS) is 15.0. The minimum atomic E-state index is 0.529. The number of halogens is 2. The van der Waals surface area contributed by atoms with Crippen LogP contribution >= 0.6 is 23.2 Å². The summed E-state index contributed by atoms with van der Waals surface area (Å²) in [6.07, 6.45) is 3.47. The van der Waals surface area contributed by atoms with E-state index in [0.717, 1.165) is 55.1 Å². The second-order valence-electron chi connectivity index (χ2n) is 7.72. The number of anilines is 1. The average Bonchev–Trinajstić information content (AvgIpc) is 3.20. The van der Waals surface area contributed by atoms with Gasteiger partial charge in [0.05, 0.1) is 18.1 Å². The summed E-state index contributed by atoms with van der Waals surface area (Å²) in [7, 11) is 0. The summed E-state index contributed by atoms with van der Waals surface area (Å²) in [6.45, 7) is 5.35. The highest BCUT2D eigenvalue weighted by molar-refractivity contribution is 6.35. The van der Waals surface area contributed by atoms with Crippen LogP contribution in [0.3, 0.4) is 0 Å². The predicted molar refractivity (Wildman–Crippen MR) is 125 cm³/mol. The lowest BCUT2D eigenvalue weighted by atomic mass is 10.2. The van der Waals surface area contributed by atoms with Crippen molar-refractivity contribution in [1.82, 2.24) is 24.6 Å². The van der Waals surface area contributed by atoms with E-state index < -0.39 is 0 Å².